The monoisotopic (exact) mass is 277 g/mol. The zero-order valence-electron chi connectivity index (χ0n) is 10.5. The maximum atomic E-state index is 13.5. The van der Waals surface area contributed by atoms with Gasteiger partial charge in [0.15, 0.2) is 0 Å². The Labute approximate surface area is 116 Å². The highest BCUT2D eigenvalue weighted by atomic mass is 35.5. The zero-order chi connectivity index (χ0) is 13.8. The minimum atomic E-state index is -0.325. The van der Waals surface area contributed by atoms with E-state index in [0.717, 1.165) is 11.3 Å². The number of hydrogen-bond donors (Lipinski definition) is 1. The van der Waals surface area contributed by atoms with E-state index in [1.54, 1.807) is 10.9 Å². The largest absolute Gasteiger partial charge is 0.320 e. The second-order valence-corrected chi connectivity index (χ2v) is 4.52. The number of benzene rings is 1. The van der Waals surface area contributed by atoms with E-state index in [1.165, 1.54) is 12.1 Å². The van der Waals surface area contributed by atoms with Crippen LogP contribution in [0.25, 0.3) is 0 Å². The number of nitrogens with two attached hydrogens (primary N) is 1. The number of hydrogen-bond acceptors (Lipinski definition) is 2. The standard InChI is InChI=1S/C14H13ClFN3/c1-10-14(15)9-19(18-10)8-12-5-11(3-2-4-17)6-13(16)7-12/h5-7,9H,4,8,17H2,1H3. The summed E-state index contributed by atoms with van der Waals surface area (Å²) in [6.45, 7) is 2.52. The molecule has 0 atom stereocenters. The molecule has 0 bridgehead atoms. The molecule has 2 aromatic rings. The molecular weight excluding hydrogens is 265 g/mol. The first-order chi connectivity index (χ1) is 9.08. The Morgan fingerprint density at radius 3 is 2.84 bits per heavy atom. The van der Waals surface area contributed by atoms with Gasteiger partial charge in [0.1, 0.15) is 5.82 Å². The lowest BCUT2D eigenvalue weighted by Crippen LogP contribution is -2.01. The smallest absolute Gasteiger partial charge is 0.124 e. The second kappa shape index (κ2) is 5.87. The van der Waals surface area contributed by atoms with Crippen LogP contribution in [0.2, 0.25) is 5.02 Å². The summed E-state index contributed by atoms with van der Waals surface area (Å²) < 4.78 is 15.2. The normalized spacial score (nSPS) is 10.1. The highest BCUT2D eigenvalue weighted by molar-refractivity contribution is 6.31. The number of aromatic nitrogens is 2. The van der Waals surface area contributed by atoms with E-state index in [4.69, 9.17) is 17.3 Å². The average molecular weight is 278 g/mol. The van der Waals surface area contributed by atoms with Crippen LogP contribution in [0.1, 0.15) is 16.8 Å². The number of nitrogens with zero attached hydrogens (tertiary/aromatic N) is 2. The SMILES string of the molecule is Cc1nn(Cc2cc(F)cc(C#CCN)c2)cc1Cl. The predicted octanol–water partition coefficient (Wildman–Crippen LogP) is 2.34. The van der Waals surface area contributed by atoms with Gasteiger partial charge in [-0.1, -0.05) is 23.4 Å². The van der Waals surface area contributed by atoms with Gasteiger partial charge in [0.2, 0.25) is 0 Å². The van der Waals surface area contributed by atoms with Crippen LogP contribution >= 0.6 is 11.6 Å². The third-order valence-electron chi connectivity index (χ3n) is 2.52. The maximum Gasteiger partial charge on any atom is 0.124 e. The van der Waals surface area contributed by atoms with Crippen LogP contribution in [-0.2, 0) is 6.54 Å². The lowest BCUT2D eigenvalue weighted by molar-refractivity contribution is 0.618. The third kappa shape index (κ3) is 3.57. The summed E-state index contributed by atoms with van der Waals surface area (Å²) in [6.07, 6.45) is 1.72. The summed E-state index contributed by atoms with van der Waals surface area (Å²) in [7, 11) is 0. The van der Waals surface area contributed by atoms with E-state index in [2.05, 4.69) is 16.9 Å². The van der Waals surface area contributed by atoms with E-state index in [0.29, 0.717) is 17.1 Å². The Bertz CT molecular complexity index is 633. The highest BCUT2D eigenvalue weighted by Gasteiger charge is 2.04. The molecule has 98 valence electrons. The molecule has 0 spiro atoms. The van der Waals surface area contributed by atoms with Crippen molar-refractivity contribution < 1.29 is 4.39 Å². The lowest BCUT2D eigenvalue weighted by atomic mass is 10.1. The molecular formula is C14H13ClFN3. The maximum absolute atomic E-state index is 13.5. The van der Waals surface area contributed by atoms with Crippen LogP contribution in [0.15, 0.2) is 24.4 Å². The van der Waals surface area contributed by atoms with Crippen molar-refractivity contribution in [2.45, 2.75) is 13.5 Å². The molecule has 0 unspecified atom stereocenters. The minimum absolute atomic E-state index is 0.250. The molecule has 0 aliphatic rings. The molecule has 0 saturated heterocycles. The fourth-order valence-corrected chi connectivity index (χ4v) is 1.88. The molecule has 0 aliphatic heterocycles. The molecule has 2 N–H and O–H groups in total. The van der Waals surface area contributed by atoms with Gasteiger partial charge >= 0.3 is 0 Å². The van der Waals surface area contributed by atoms with Crippen molar-refractivity contribution in [1.82, 2.24) is 9.78 Å². The van der Waals surface area contributed by atoms with Crippen LogP contribution in [0.3, 0.4) is 0 Å². The van der Waals surface area contributed by atoms with E-state index >= 15 is 0 Å². The van der Waals surface area contributed by atoms with Crippen LogP contribution < -0.4 is 5.73 Å². The molecule has 19 heavy (non-hydrogen) atoms. The van der Waals surface area contributed by atoms with Gasteiger partial charge in [-0.25, -0.2) is 4.39 Å². The van der Waals surface area contributed by atoms with Gasteiger partial charge < -0.3 is 5.73 Å². The molecule has 2 rings (SSSR count). The van der Waals surface area contributed by atoms with Gasteiger partial charge in [-0.3, -0.25) is 4.68 Å². The molecule has 5 heteroatoms. The van der Waals surface area contributed by atoms with Crippen molar-refractivity contribution in [2.24, 2.45) is 5.73 Å². The fourth-order valence-electron chi connectivity index (χ4n) is 1.73. The molecule has 1 aromatic carbocycles. The molecule has 0 fully saturated rings. The molecule has 1 heterocycles. The van der Waals surface area contributed by atoms with Gasteiger partial charge in [-0.05, 0) is 30.7 Å². The average Bonchev–Trinajstić information content (AvgIpc) is 2.65. The van der Waals surface area contributed by atoms with Crippen molar-refractivity contribution in [3.63, 3.8) is 0 Å². The van der Waals surface area contributed by atoms with E-state index in [1.807, 2.05) is 13.0 Å². The van der Waals surface area contributed by atoms with E-state index in [-0.39, 0.29) is 12.4 Å². The number of rotatable bonds is 2. The molecule has 3 nitrogen and oxygen atoms in total. The molecule has 0 saturated carbocycles. The van der Waals surface area contributed by atoms with Gasteiger partial charge in [-0.15, -0.1) is 0 Å². The van der Waals surface area contributed by atoms with Crippen LogP contribution in [0, 0.1) is 24.6 Å². The summed E-state index contributed by atoms with van der Waals surface area (Å²) >= 11 is 5.93. The summed E-state index contributed by atoms with van der Waals surface area (Å²) in [5.41, 5.74) is 7.44. The van der Waals surface area contributed by atoms with Crippen LogP contribution in [-0.4, -0.2) is 16.3 Å². The first-order valence-corrected chi connectivity index (χ1v) is 6.14. The first kappa shape index (κ1) is 13.6. The van der Waals surface area contributed by atoms with Crippen molar-refractivity contribution in [3.05, 3.63) is 52.1 Å². The van der Waals surface area contributed by atoms with E-state index < -0.39 is 0 Å². The molecule has 0 radical (unpaired) electrons. The Morgan fingerprint density at radius 1 is 1.42 bits per heavy atom. The fraction of sp³-hybridized carbons (Fsp3) is 0.214. The summed E-state index contributed by atoms with van der Waals surface area (Å²) in [6, 6.07) is 4.66. The predicted molar refractivity (Wildman–Crippen MR) is 73.4 cm³/mol. The summed E-state index contributed by atoms with van der Waals surface area (Å²) in [5.74, 6) is 5.20. The van der Waals surface area contributed by atoms with Crippen molar-refractivity contribution >= 4 is 11.6 Å². The van der Waals surface area contributed by atoms with Gasteiger partial charge in [0, 0.05) is 11.8 Å². The summed E-state index contributed by atoms with van der Waals surface area (Å²) in [4.78, 5) is 0. The Kier molecular flexibility index (Phi) is 4.20. The Balaban J connectivity index is 2.27. The molecule has 0 amide bonds. The third-order valence-corrected chi connectivity index (χ3v) is 2.89. The summed E-state index contributed by atoms with van der Waals surface area (Å²) in [5, 5.41) is 4.83. The first-order valence-electron chi connectivity index (χ1n) is 5.76. The number of halogens is 2. The van der Waals surface area contributed by atoms with E-state index in [9.17, 15) is 4.39 Å². The molecule has 0 aliphatic carbocycles. The van der Waals surface area contributed by atoms with Crippen LogP contribution in [0.5, 0.6) is 0 Å². The van der Waals surface area contributed by atoms with Gasteiger partial charge in [0.25, 0.3) is 0 Å². The number of aryl methyl sites for hydroxylation is 1. The van der Waals surface area contributed by atoms with Gasteiger partial charge in [0.05, 0.1) is 23.8 Å². The topological polar surface area (TPSA) is 43.8 Å². The van der Waals surface area contributed by atoms with Crippen molar-refractivity contribution in [3.8, 4) is 11.8 Å². The highest BCUT2D eigenvalue weighted by Crippen LogP contribution is 2.15. The quantitative estimate of drug-likeness (QED) is 0.857. The molecule has 1 aromatic heterocycles. The van der Waals surface area contributed by atoms with Gasteiger partial charge in [-0.2, -0.15) is 5.10 Å². The Hall–Kier alpha value is -1.83. The lowest BCUT2D eigenvalue weighted by Gasteiger charge is -2.03. The Morgan fingerprint density at radius 2 is 2.21 bits per heavy atom. The zero-order valence-corrected chi connectivity index (χ0v) is 11.2. The van der Waals surface area contributed by atoms with Crippen molar-refractivity contribution in [1.29, 1.82) is 0 Å². The van der Waals surface area contributed by atoms with Crippen molar-refractivity contribution in [2.75, 3.05) is 6.54 Å². The minimum Gasteiger partial charge on any atom is -0.320 e. The van der Waals surface area contributed by atoms with Crippen LogP contribution in [0.4, 0.5) is 4.39 Å². The second-order valence-electron chi connectivity index (χ2n) is 4.11.